The summed E-state index contributed by atoms with van der Waals surface area (Å²) in [5.74, 6) is -2.20. The fourth-order valence-corrected chi connectivity index (χ4v) is 3.62. The Morgan fingerprint density at radius 1 is 1.03 bits per heavy atom. The van der Waals surface area contributed by atoms with Gasteiger partial charge in [-0.1, -0.05) is 0 Å². The minimum atomic E-state index is -4.84. The van der Waals surface area contributed by atoms with Gasteiger partial charge in [0.15, 0.2) is 0 Å². The predicted molar refractivity (Wildman–Crippen MR) is 111 cm³/mol. The molecule has 1 heterocycles. The molecule has 0 spiro atoms. The summed E-state index contributed by atoms with van der Waals surface area (Å²) < 4.78 is 47.7. The highest BCUT2D eigenvalue weighted by atomic mass is 19.4. The van der Waals surface area contributed by atoms with Crippen LogP contribution in [0, 0.1) is 6.92 Å². The maximum Gasteiger partial charge on any atom is 0.573 e. The van der Waals surface area contributed by atoms with Gasteiger partial charge in [-0.15, -0.1) is 13.2 Å². The zero-order chi connectivity index (χ0) is 23.8. The number of aromatic nitrogens is 1. The highest BCUT2D eigenvalue weighted by molar-refractivity contribution is 6.05. The van der Waals surface area contributed by atoms with E-state index in [9.17, 15) is 27.9 Å². The second-order valence-corrected chi connectivity index (χ2v) is 7.62. The van der Waals surface area contributed by atoms with Crippen LogP contribution < -0.4 is 4.74 Å². The normalized spacial score (nSPS) is 12.8. The van der Waals surface area contributed by atoms with Crippen molar-refractivity contribution in [1.29, 1.82) is 0 Å². The summed E-state index contributed by atoms with van der Waals surface area (Å²) in [4.78, 5) is 25.8. The number of esters is 1. The van der Waals surface area contributed by atoms with Gasteiger partial charge < -0.3 is 14.6 Å². The van der Waals surface area contributed by atoms with Crippen molar-refractivity contribution >= 4 is 22.8 Å². The molecule has 9 heteroatoms. The number of halogens is 3. The van der Waals surface area contributed by atoms with Crippen LogP contribution in [0.1, 0.15) is 48.3 Å². The van der Waals surface area contributed by atoms with E-state index in [4.69, 9.17) is 4.74 Å². The monoisotopic (exact) mass is 449 g/mol. The number of nitrogens with zero attached hydrogens (tertiary/aromatic N) is 1. The summed E-state index contributed by atoms with van der Waals surface area (Å²) in [5.41, 5.74) is 1.54. The molecule has 0 saturated heterocycles. The van der Waals surface area contributed by atoms with Gasteiger partial charge in [-0.25, -0.2) is 0 Å². The molecule has 1 N–H and O–H groups in total. The van der Waals surface area contributed by atoms with Crippen LogP contribution >= 0.6 is 0 Å². The van der Waals surface area contributed by atoms with Crippen LogP contribution in [-0.4, -0.2) is 34.0 Å². The molecule has 3 aromatic rings. The van der Waals surface area contributed by atoms with E-state index in [1.54, 1.807) is 33.8 Å². The largest absolute Gasteiger partial charge is 0.573 e. The van der Waals surface area contributed by atoms with E-state index in [-0.39, 0.29) is 17.4 Å². The Labute approximate surface area is 182 Å². The van der Waals surface area contributed by atoms with Crippen molar-refractivity contribution in [3.63, 3.8) is 0 Å². The number of hydrogen-bond donors (Lipinski definition) is 1. The van der Waals surface area contributed by atoms with Gasteiger partial charge in [0.2, 0.25) is 0 Å². The predicted octanol–water partition coefficient (Wildman–Crippen LogP) is 5.30. The Morgan fingerprint density at radius 3 is 2.22 bits per heavy atom. The molecule has 0 aliphatic heterocycles. The number of aromatic hydroxyl groups is 1. The summed E-state index contributed by atoms with van der Waals surface area (Å²) >= 11 is 0. The summed E-state index contributed by atoms with van der Waals surface area (Å²) in [7, 11) is 0. The van der Waals surface area contributed by atoms with Crippen molar-refractivity contribution in [1.82, 2.24) is 4.57 Å². The second-order valence-electron chi connectivity index (χ2n) is 7.62. The van der Waals surface area contributed by atoms with E-state index >= 15 is 0 Å². The summed E-state index contributed by atoms with van der Waals surface area (Å²) in [5, 5.41) is 10.5. The maximum atomic E-state index is 13.3. The highest BCUT2D eigenvalue weighted by Crippen LogP contribution is 2.35. The molecule has 0 aliphatic carbocycles. The van der Waals surface area contributed by atoms with Crippen LogP contribution in [0.15, 0.2) is 42.5 Å². The lowest BCUT2D eigenvalue weighted by Gasteiger charge is -2.15. The second kappa shape index (κ2) is 8.57. The number of alkyl halides is 3. The van der Waals surface area contributed by atoms with E-state index in [0.717, 1.165) is 12.1 Å². The van der Waals surface area contributed by atoms with Gasteiger partial charge in [0.25, 0.3) is 5.91 Å². The third-order valence-electron chi connectivity index (χ3n) is 4.91. The van der Waals surface area contributed by atoms with Crippen molar-refractivity contribution in [3.8, 4) is 11.5 Å². The number of phenols is 1. The molecule has 0 amide bonds. The summed E-state index contributed by atoms with van der Waals surface area (Å²) in [6.45, 7) is 6.75. The number of rotatable bonds is 5. The fraction of sp³-hybridized carbons (Fsp3) is 0.304. The van der Waals surface area contributed by atoms with Crippen molar-refractivity contribution in [2.75, 3.05) is 0 Å². The standard InChI is InChI=1S/C23H22F3NO5/c1-12(2)31-22(30)13(3)20-14(4)27(19-10-7-16(28)11-18(19)20)21(29)15-5-8-17(9-6-15)32-23(24,25)26/h5-13,28H,1-4H3. The summed E-state index contributed by atoms with van der Waals surface area (Å²) in [6, 6.07) is 8.97. The molecule has 3 rings (SSSR count). The van der Waals surface area contributed by atoms with Crippen molar-refractivity contribution < 1.29 is 37.3 Å². The molecule has 0 fully saturated rings. The van der Waals surface area contributed by atoms with Gasteiger partial charge in [-0.05, 0) is 75.7 Å². The van der Waals surface area contributed by atoms with Crippen molar-refractivity contribution in [2.24, 2.45) is 0 Å². The molecule has 170 valence electrons. The van der Waals surface area contributed by atoms with E-state index in [1.165, 1.54) is 28.8 Å². The molecule has 2 aromatic carbocycles. The molecule has 1 unspecified atom stereocenters. The molecular weight excluding hydrogens is 427 g/mol. The average molecular weight is 449 g/mol. The third kappa shape index (κ3) is 4.71. The van der Waals surface area contributed by atoms with Crippen molar-refractivity contribution in [2.45, 2.75) is 46.1 Å². The molecule has 1 atom stereocenters. The first-order valence-electron chi connectivity index (χ1n) is 9.84. The maximum absolute atomic E-state index is 13.3. The number of ether oxygens (including phenoxy) is 2. The van der Waals surface area contributed by atoms with Gasteiger partial charge in [-0.2, -0.15) is 0 Å². The number of fused-ring (bicyclic) bond motifs is 1. The average Bonchev–Trinajstić information content (AvgIpc) is 2.96. The smallest absolute Gasteiger partial charge is 0.508 e. The van der Waals surface area contributed by atoms with Crippen LogP contribution in [0.5, 0.6) is 11.5 Å². The Morgan fingerprint density at radius 2 is 1.66 bits per heavy atom. The fourth-order valence-electron chi connectivity index (χ4n) is 3.62. The highest BCUT2D eigenvalue weighted by Gasteiger charge is 2.31. The Kier molecular flexibility index (Phi) is 6.20. The van der Waals surface area contributed by atoms with E-state index in [2.05, 4.69) is 4.74 Å². The molecule has 0 bridgehead atoms. The lowest BCUT2D eigenvalue weighted by atomic mass is 9.98. The summed E-state index contributed by atoms with van der Waals surface area (Å²) in [6.07, 6.45) is -5.16. The molecule has 0 saturated carbocycles. The first kappa shape index (κ1) is 23.2. The van der Waals surface area contributed by atoms with E-state index < -0.39 is 29.9 Å². The molecule has 6 nitrogen and oxygen atoms in total. The van der Waals surface area contributed by atoms with Gasteiger partial charge >= 0.3 is 12.3 Å². The third-order valence-corrected chi connectivity index (χ3v) is 4.91. The number of carbonyl (C=O) groups is 2. The van der Waals surface area contributed by atoms with Gasteiger partial charge in [0.05, 0.1) is 17.5 Å². The van der Waals surface area contributed by atoms with E-state index in [1.807, 2.05) is 0 Å². The number of carbonyl (C=O) groups excluding carboxylic acids is 2. The van der Waals surface area contributed by atoms with Crippen LogP contribution in [0.3, 0.4) is 0 Å². The van der Waals surface area contributed by atoms with Gasteiger partial charge in [-0.3, -0.25) is 14.2 Å². The van der Waals surface area contributed by atoms with Crippen LogP contribution in [0.2, 0.25) is 0 Å². The first-order chi connectivity index (χ1) is 14.9. The first-order valence-corrected chi connectivity index (χ1v) is 9.84. The van der Waals surface area contributed by atoms with E-state index in [0.29, 0.717) is 22.2 Å². The lowest BCUT2D eigenvalue weighted by Crippen LogP contribution is -2.19. The molecular formula is C23H22F3NO5. The SMILES string of the molecule is Cc1c(C(C)C(=O)OC(C)C)c2cc(O)ccc2n1C(=O)c1ccc(OC(F)(F)F)cc1. The topological polar surface area (TPSA) is 77.8 Å². The Balaban J connectivity index is 2.08. The lowest BCUT2D eigenvalue weighted by molar-refractivity contribution is -0.274. The van der Waals surface area contributed by atoms with Crippen molar-refractivity contribution in [3.05, 3.63) is 59.3 Å². The number of phenolic OH excluding ortho intramolecular Hbond substituents is 1. The number of benzene rings is 2. The minimum Gasteiger partial charge on any atom is -0.508 e. The molecule has 32 heavy (non-hydrogen) atoms. The Bertz CT molecular complexity index is 1160. The molecule has 0 aliphatic rings. The van der Waals surface area contributed by atoms with Crippen LogP contribution in [0.4, 0.5) is 13.2 Å². The van der Waals surface area contributed by atoms with Crippen LogP contribution in [0.25, 0.3) is 10.9 Å². The minimum absolute atomic E-state index is 0.0403. The zero-order valence-electron chi connectivity index (χ0n) is 17.9. The molecule has 1 aromatic heterocycles. The van der Waals surface area contributed by atoms with Gasteiger partial charge in [0, 0.05) is 16.6 Å². The number of hydrogen-bond acceptors (Lipinski definition) is 5. The van der Waals surface area contributed by atoms with Crippen LogP contribution in [-0.2, 0) is 9.53 Å². The molecule has 0 radical (unpaired) electrons. The Hall–Kier alpha value is -3.49. The zero-order valence-corrected chi connectivity index (χ0v) is 17.9. The quantitative estimate of drug-likeness (QED) is 0.535. The van der Waals surface area contributed by atoms with Gasteiger partial charge in [0.1, 0.15) is 11.5 Å².